The van der Waals surface area contributed by atoms with E-state index in [0.29, 0.717) is 23.1 Å². The number of rotatable bonds is 7. The van der Waals surface area contributed by atoms with Crippen LogP contribution in [0, 0.1) is 5.92 Å². The van der Waals surface area contributed by atoms with Crippen LogP contribution in [0.5, 0.6) is 0 Å². The molecule has 2 atom stereocenters. The average molecular weight is 481 g/mol. The highest BCUT2D eigenvalue weighted by atomic mass is 16.5. The van der Waals surface area contributed by atoms with E-state index in [1.54, 1.807) is 54.6 Å². The van der Waals surface area contributed by atoms with E-state index in [9.17, 15) is 19.2 Å². The fourth-order valence-electron chi connectivity index (χ4n) is 4.90. The first-order valence-electron chi connectivity index (χ1n) is 11.7. The van der Waals surface area contributed by atoms with Crippen LogP contribution in [0.2, 0.25) is 0 Å². The SMILES string of the molecule is COC(=O)c1ccc(C2C(C(=O)c3ccccc3)C(=O)C(=O)N2CCc2c[nH]c3ccccc23)cc1. The van der Waals surface area contributed by atoms with Crippen LogP contribution in [0.1, 0.15) is 37.9 Å². The van der Waals surface area contributed by atoms with Gasteiger partial charge in [0.1, 0.15) is 5.92 Å². The Morgan fingerprint density at radius 3 is 2.31 bits per heavy atom. The van der Waals surface area contributed by atoms with Crippen LogP contribution in [0.4, 0.5) is 0 Å². The summed E-state index contributed by atoms with van der Waals surface area (Å²) >= 11 is 0. The number of fused-ring (bicyclic) bond motifs is 1. The maximum Gasteiger partial charge on any atom is 0.337 e. The third kappa shape index (κ3) is 4.09. The Morgan fingerprint density at radius 2 is 1.58 bits per heavy atom. The predicted octanol–water partition coefficient (Wildman–Crippen LogP) is 4.15. The van der Waals surface area contributed by atoms with Gasteiger partial charge in [-0.05, 0) is 35.7 Å². The topological polar surface area (TPSA) is 96.5 Å². The van der Waals surface area contributed by atoms with Gasteiger partial charge in [0.25, 0.3) is 5.91 Å². The van der Waals surface area contributed by atoms with Gasteiger partial charge in [0.15, 0.2) is 5.78 Å². The number of benzene rings is 3. The second-order valence-electron chi connectivity index (χ2n) is 8.74. The van der Waals surface area contributed by atoms with E-state index in [1.165, 1.54) is 12.0 Å². The molecule has 0 radical (unpaired) electrons. The summed E-state index contributed by atoms with van der Waals surface area (Å²) in [4.78, 5) is 56.6. The highest BCUT2D eigenvalue weighted by Gasteiger charge is 2.51. The van der Waals surface area contributed by atoms with E-state index in [1.807, 2.05) is 30.5 Å². The number of nitrogens with one attached hydrogen (secondary N) is 1. The minimum absolute atomic E-state index is 0.258. The van der Waals surface area contributed by atoms with E-state index in [2.05, 4.69) is 4.98 Å². The summed E-state index contributed by atoms with van der Waals surface area (Å²) in [6.07, 6.45) is 2.41. The molecule has 0 spiro atoms. The summed E-state index contributed by atoms with van der Waals surface area (Å²) in [5.74, 6) is -3.46. The van der Waals surface area contributed by atoms with Gasteiger partial charge in [-0.25, -0.2) is 4.79 Å². The number of ether oxygens (including phenoxy) is 1. The minimum Gasteiger partial charge on any atom is -0.465 e. The van der Waals surface area contributed by atoms with Gasteiger partial charge >= 0.3 is 5.97 Å². The number of aromatic amines is 1. The highest BCUT2D eigenvalue weighted by molar-refractivity contribution is 6.44. The molecule has 1 fully saturated rings. The number of likely N-dealkylation sites (tertiary alicyclic amines) is 1. The third-order valence-corrected chi connectivity index (χ3v) is 6.72. The largest absolute Gasteiger partial charge is 0.465 e. The summed E-state index contributed by atoms with van der Waals surface area (Å²) < 4.78 is 4.77. The van der Waals surface area contributed by atoms with E-state index in [4.69, 9.17) is 4.74 Å². The molecule has 1 saturated heterocycles. The summed E-state index contributed by atoms with van der Waals surface area (Å²) in [6, 6.07) is 22.1. The van der Waals surface area contributed by atoms with Crippen molar-refractivity contribution in [3.05, 3.63) is 107 Å². The third-order valence-electron chi connectivity index (χ3n) is 6.72. The zero-order valence-corrected chi connectivity index (χ0v) is 19.6. The molecule has 7 heteroatoms. The lowest BCUT2D eigenvalue weighted by Gasteiger charge is -2.27. The number of carbonyl (C=O) groups excluding carboxylic acids is 4. The Morgan fingerprint density at radius 1 is 0.889 bits per heavy atom. The first-order chi connectivity index (χ1) is 17.5. The number of ketones is 2. The number of para-hydroxylation sites is 1. The molecule has 2 unspecified atom stereocenters. The lowest BCUT2D eigenvalue weighted by molar-refractivity contribution is -0.140. The van der Waals surface area contributed by atoms with E-state index in [-0.39, 0.29) is 6.54 Å². The van der Waals surface area contributed by atoms with Crippen molar-refractivity contribution < 1.29 is 23.9 Å². The van der Waals surface area contributed by atoms with Crippen molar-refractivity contribution in [2.75, 3.05) is 13.7 Å². The van der Waals surface area contributed by atoms with E-state index < -0.39 is 35.4 Å². The molecule has 4 aromatic rings. The number of aromatic nitrogens is 1. The standard InChI is InChI=1S/C29H24N2O5/c1-36-29(35)20-13-11-18(12-14-20)25-24(26(32)19-7-3-2-4-8-19)27(33)28(34)31(25)16-15-21-17-30-23-10-6-5-9-22(21)23/h2-14,17,24-25,30H,15-16H2,1H3. The molecule has 36 heavy (non-hydrogen) atoms. The molecule has 0 bridgehead atoms. The molecule has 0 saturated carbocycles. The van der Waals surface area contributed by atoms with Crippen molar-refractivity contribution in [3.63, 3.8) is 0 Å². The minimum atomic E-state index is -1.17. The monoisotopic (exact) mass is 480 g/mol. The molecule has 0 aliphatic carbocycles. The van der Waals surface area contributed by atoms with Crippen molar-refractivity contribution in [3.8, 4) is 0 Å². The smallest absolute Gasteiger partial charge is 0.337 e. The Hall–Kier alpha value is -4.52. The number of methoxy groups -OCH3 is 1. The fraction of sp³-hybridized carbons (Fsp3) is 0.172. The highest BCUT2D eigenvalue weighted by Crippen LogP contribution is 2.38. The summed E-state index contributed by atoms with van der Waals surface area (Å²) in [5.41, 5.74) is 3.33. The Bertz CT molecular complexity index is 1460. The van der Waals surface area contributed by atoms with Crippen molar-refractivity contribution in [1.82, 2.24) is 9.88 Å². The predicted molar refractivity (Wildman–Crippen MR) is 134 cm³/mol. The maximum atomic E-state index is 13.5. The van der Waals surface area contributed by atoms with Crippen LogP contribution < -0.4 is 0 Å². The van der Waals surface area contributed by atoms with Gasteiger partial charge in [0.05, 0.1) is 18.7 Å². The number of esters is 1. The quantitative estimate of drug-likeness (QED) is 0.186. The second kappa shape index (κ2) is 9.62. The normalized spacial score (nSPS) is 17.5. The van der Waals surface area contributed by atoms with Crippen LogP contribution in [0.3, 0.4) is 0 Å². The van der Waals surface area contributed by atoms with Gasteiger partial charge in [-0.2, -0.15) is 0 Å². The molecule has 2 heterocycles. The van der Waals surface area contributed by atoms with E-state index >= 15 is 0 Å². The van der Waals surface area contributed by atoms with Gasteiger partial charge in [-0.15, -0.1) is 0 Å². The van der Waals surface area contributed by atoms with Crippen molar-refractivity contribution in [2.24, 2.45) is 5.92 Å². The molecule has 180 valence electrons. The Labute approximate surface area is 207 Å². The van der Waals surface area contributed by atoms with Gasteiger partial charge < -0.3 is 14.6 Å². The summed E-state index contributed by atoms with van der Waals surface area (Å²) in [7, 11) is 1.30. The van der Waals surface area contributed by atoms with Gasteiger partial charge in [0.2, 0.25) is 5.78 Å². The number of nitrogens with zero attached hydrogens (tertiary/aromatic N) is 1. The lowest BCUT2D eigenvalue weighted by Crippen LogP contribution is -2.32. The van der Waals surface area contributed by atoms with Gasteiger partial charge in [-0.3, -0.25) is 14.4 Å². The Balaban J connectivity index is 1.51. The van der Waals surface area contributed by atoms with Crippen LogP contribution in [-0.2, 0) is 20.7 Å². The van der Waals surface area contributed by atoms with Gasteiger partial charge in [-0.1, -0.05) is 60.7 Å². The molecule has 3 aromatic carbocycles. The van der Waals surface area contributed by atoms with Crippen LogP contribution in [0.15, 0.2) is 85.1 Å². The van der Waals surface area contributed by atoms with Crippen LogP contribution >= 0.6 is 0 Å². The number of hydrogen-bond acceptors (Lipinski definition) is 5. The average Bonchev–Trinajstić information content (AvgIpc) is 3.45. The van der Waals surface area contributed by atoms with Crippen LogP contribution in [-0.4, -0.2) is 47.0 Å². The van der Waals surface area contributed by atoms with Crippen molar-refractivity contribution in [2.45, 2.75) is 12.5 Å². The molecular weight excluding hydrogens is 456 g/mol. The molecule has 1 aliphatic heterocycles. The fourth-order valence-corrected chi connectivity index (χ4v) is 4.90. The lowest BCUT2D eigenvalue weighted by atomic mass is 9.86. The molecular formula is C29H24N2O5. The van der Waals surface area contributed by atoms with E-state index in [0.717, 1.165) is 16.5 Å². The number of Topliss-reactive ketones (excluding diaryl/α,β-unsaturated/α-hetero) is 2. The molecule has 1 amide bonds. The summed E-state index contributed by atoms with van der Waals surface area (Å²) in [5, 5.41) is 1.05. The van der Waals surface area contributed by atoms with Crippen molar-refractivity contribution >= 4 is 34.3 Å². The zero-order valence-electron chi connectivity index (χ0n) is 19.6. The van der Waals surface area contributed by atoms with Crippen molar-refractivity contribution in [1.29, 1.82) is 0 Å². The first kappa shape index (κ1) is 23.2. The molecule has 1 aromatic heterocycles. The number of amides is 1. The molecule has 1 aliphatic rings. The molecule has 1 N–H and O–H groups in total. The van der Waals surface area contributed by atoms with Gasteiger partial charge in [0, 0.05) is 29.2 Å². The second-order valence-corrected chi connectivity index (χ2v) is 8.74. The molecule has 7 nitrogen and oxygen atoms in total. The molecule has 5 rings (SSSR count). The number of H-pyrrole nitrogens is 1. The maximum absolute atomic E-state index is 13.5. The summed E-state index contributed by atoms with van der Waals surface area (Å²) in [6.45, 7) is 0.258. The number of hydrogen-bond donors (Lipinski definition) is 1. The Kier molecular flexibility index (Phi) is 6.21. The first-order valence-corrected chi connectivity index (χ1v) is 11.7. The number of carbonyl (C=O) groups is 4. The zero-order chi connectivity index (χ0) is 25.2. The van der Waals surface area contributed by atoms with Crippen LogP contribution in [0.25, 0.3) is 10.9 Å².